The summed E-state index contributed by atoms with van der Waals surface area (Å²) >= 11 is 1.34. The highest BCUT2D eigenvalue weighted by atomic mass is 32.2. The summed E-state index contributed by atoms with van der Waals surface area (Å²) in [6.07, 6.45) is 0. The zero-order chi connectivity index (χ0) is 14.9. The van der Waals surface area contributed by atoms with Crippen molar-refractivity contribution in [3.63, 3.8) is 0 Å². The first-order chi connectivity index (χ1) is 9.35. The van der Waals surface area contributed by atoms with E-state index in [0.717, 1.165) is 17.1 Å². The second-order valence-electron chi connectivity index (χ2n) is 4.62. The molecule has 0 aliphatic rings. The quantitative estimate of drug-likeness (QED) is 0.887. The van der Waals surface area contributed by atoms with Gasteiger partial charge in [-0.15, -0.1) is 11.3 Å². The Balaban J connectivity index is 2.27. The molecule has 3 N–H and O–H groups in total. The van der Waals surface area contributed by atoms with Crippen molar-refractivity contribution in [3.05, 3.63) is 39.5 Å². The van der Waals surface area contributed by atoms with Gasteiger partial charge >= 0.3 is 0 Å². The highest BCUT2D eigenvalue weighted by Crippen LogP contribution is 2.26. The molecule has 0 spiro atoms. The SMILES string of the molecule is Cc1cc(C(C)NS(=O)(=O)c2ccsc2CN)c(C)o1. The van der Waals surface area contributed by atoms with Crippen LogP contribution >= 0.6 is 11.3 Å². The minimum atomic E-state index is -3.58. The van der Waals surface area contributed by atoms with E-state index in [1.807, 2.05) is 19.9 Å². The number of sulfonamides is 1. The Morgan fingerprint density at radius 2 is 2.15 bits per heavy atom. The monoisotopic (exact) mass is 314 g/mol. The Morgan fingerprint density at radius 1 is 1.45 bits per heavy atom. The van der Waals surface area contributed by atoms with Crippen molar-refractivity contribution in [3.8, 4) is 0 Å². The summed E-state index contributed by atoms with van der Waals surface area (Å²) in [4.78, 5) is 0.916. The van der Waals surface area contributed by atoms with Gasteiger partial charge in [0.2, 0.25) is 10.0 Å². The molecule has 110 valence electrons. The van der Waals surface area contributed by atoms with E-state index in [2.05, 4.69) is 4.72 Å². The third-order valence-electron chi connectivity index (χ3n) is 3.06. The molecule has 0 bridgehead atoms. The van der Waals surface area contributed by atoms with Crippen LogP contribution in [0.1, 0.15) is 34.9 Å². The molecule has 2 rings (SSSR count). The lowest BCUT2D eigenvalue weighted by molar-refractivity contribution is 0.496. The van der Waals surface area contributed by atoms with E-state index in [-0.39, 0.29) is 17.5 Å². The molecule has 2 aromatic heterocycles. The molecule has 1 atom stereocenters. The number of furan rings is 1. The number of rotatable bonds is 5. The van der Waals surface area contributed by atoms with E-state index in [1.165, 1.54) is 11.3 Å². The van der Waals surface area contributed by atoms with Gasteiger partial charge in [0.05, 0.1) is 4.90 Å². The van der Waals surface area contributed by atoms with Crippen molar-refractivity contribution in [2.24, 2.45) is 5.73 Å². The Kier molecular flexibility index (Phi) is 4.33. The second-order valence-corrected chi connectivity index (χ2v) is 7.31. The first-order valence-electron chi connectivity index (χ1n) is 6.21. The first kappa shape index (κ1) is 15.2. The topological polar surface area (TPSA) is 85.3 Å². The zero-order valence-corrected chi connectivity index (χ0v) is 13.3. The molecule has 0 aliphatic heterocycles. The molecular weight excluding hydrogens is 296 g/mol. The number of nitrogens with two attached hydrogens (primary N) is 1. The maximum atomic E-state index is 12.4. The van der Waals surface area contributed by atoms with E-state index in [1.54, 1.807) is 18.4 Å². The van der Waals surface area contributed by atoms with Crippen molar-refractivity contribution >= 4 is 21.4 Å². The van der Waals surface area contributed by atoms with Gasteiger partial charge in [0.25, 0.3) is 0 Å². The molecule has 0 fully saturated rings. The average molecular weight is 314 g/mol. The van der Waals surface area contributed by atoms with Crippen LogP contribution < -0.4 is 10.5 Å². The molecule has 2 aromatic rings. The maximum Gasteiger partial charge on any atom is 0.242 e. The van der Waals surface area contributed by atoms with Crippen molar-refractivity contribution in [1.29, 1.82) is 0 Å². The summed E-state index contributed by atoms with van der Waals surface area (Å²) in [7, 11) is -3.58. The van der Waals surface area contributed by atoms with Crippen molar-refractivity contribution in [2.45, 2.75) is 38.3 Å². The lowest BCUT2D eigenvalue weighted by Crippen LogP contribution is -2.27. The third-order valence-corrected chi connectivity index (χ3v) is 5.76. The van der Waals surface area contributed by atoms with Crippen LogP contribution in [0.3, 0.4) is 0 Å². The van der Waals surface area contributed by atoms with Gasteiger partial charge in [-0.3, -0.25) is 0 Å². The number of aryl methyl sites for hydroxylation is 2. The summed E-state index contributed by atoms with van der Waals surface area (Å²) in [5, 5.41) is 1.73. The average Bonchev–Trinajstić information content (AvgIpc) is 2.94. The molecule has 0 amide bonds. The predicted octanol–water partition coefficient (Wildman–Crippen LogP) is 2.46. The van der Waals surface area contributed by atoms with Crippen LogP contribution in [0.4, 0.5) is 0 Å². The minimum absolute atomic E-state index is 0.214. The van der Waals surface area contributed by atoms with Crippen molar-refractivity contribution in [1.82, 2.24) is 4.72 Å². The Bertz CT molecular complexity index is 701. The second kappa shape index (κ2) is 5.69. The summed E-state index contributed by atoms with van der Waals surface area (Å²) < 4.78 is 32.9. The minimum Gasteiger partial charge on any atom is -0.466 e. The van der Waals surface area contributed by atoms with E-state index >= 15 is 0 Å². The highest BCUT2D eigenvalue weighted by Gasteiger charge is 2.23. The van der Waals surface area contributed by atoms with Crippen LogP contribution in [0, 0.1) is 13.8 Å². The molecule has 0 saturated heterocycles. The molecule has 5 nitrogen and oxygen atoms in total. The molecule has 20 heavy (non-hydrogen) atoms. The number of hydrogen-bond acceptors (Lipinski definition) is 5. The Morgan fingerprint density at radius 3 is 2.70 bits per heavy atom. The van der Waals surface area contributed by atoms with Gasteiger partial charge in [0, 0.05) is 23.0 Å². The van der Waals surface area contributed by atoms with Gasteiger partial charge in [0.1, 0.15) is 11.5 Å². The van der Waals surface area contributed by atoms with Gasteiger partial charge in [-0.1, -0.05) is 0 Å². The van der Waals surface area contributed by atoms with Crippen molar-refractivity contribution in [2.75, 3.05) is 0 Å². The standard InChI is InChI=1S/C13H18N2O3S2/c1-8-6-11(10(3)18-8)9(2)15-20(16,17)13-4-5-19-12(13)7-14/h4-6,9,15H,7,14H2,1-3H3. The van der Waals surface area contributed by atoms with Crippen LogP contribution in [0.25, 0.3) is 0 Å². The van der Waals surface area contributed by atoms with E-state index in [4.69, 9.17) is 10.2 Å². The van der Waals surface area contributed by atoms with Gasteiger partial charge in [-0.25, -0.2) is 13.1 Å². The van der Waals surface area contributed by atoms with Gasteiger partial charge in [0.15, 0.2) is 0 Å². The Hall–Kier alpha value is -1.15. The Labute approximate surface area is 122 Å². The molecule has 0 radical (unpaired) electrons. The highest BCUT2D eigenvalue weighted by molar-refractivity contribution is 7.89. The smallest absolute Gasteiger partial charge is 0.242 e. The van der Waals surface area contributed by atoms with E-state index < -0.39 is 10.0 Å². The van der Waals surface area contributed by atoms with Gasteiger partial charge < -0.3 is 10.2 Å². The van der Waals surface area contributed by atoms with Crippen molar-refractivity contribution < 1.29 is 12.8 Å². The normalized spacial score (nSPS) is 13.6. The number of hydrogen-bond donors (Lipinski definition) is 2. The summed E-state index contributed by atoms with van der Waals surface area (Å²) in [5.41, 5.74) is 6.41. The van der Waals surface area contributed by atoms with Crippen LogP contribution in [-0.4, -0.2) is 8.42 Å². The fourth-order valence-corrected chi connectivity index (χ4v) is 4.72. The molecule has 0 aromatic carbocycles. The van der Waals surface area contributed by atoms with Gasteiger partial charge in [-0.05, 0) is 38.3 Å². The van der Waals surface area contributed by atoms with Crippen LogP contribution in [0.15, 0.2) is 26.8 Å². The van der Waals surface area contributed by atoms with Gasteiger partial charge in [-0.2, -0.15) is 0 Å². The fourth-order valence-electron chi connectivity index (χ4n) is 2.16. The molecule has 0 saturated carbocycles. The van der Waals surface area contributed by atoms with E-state index in [0.29, 0.717) is 4.88 Å². The molecule has 7 heteroatoms. The maximum absolute atomic E-state index is 12.4. The summed E-state index contributed by atoms with van der Waals surface area (Å²) in [6.45, 7) is 5.67. The van der Waals surface area contributed by atoms with Crippen LogP contribution in [-0.2, 0) is 16.6 Å². The molecule has 2 heterocycles. The van der Waals surface area contributed by atoms with E-state index in [9.17, 15) is 8.42 Å². The number of nitrogens with one attached hydrogen (secondary N) is 1. The molecule has 0 aliphatic carbocycles. The van der Waals surface area contributed by atoms with Crippen LogP contribution in [0.2, 0.25) is 0 Å². The zero-order valence-electron chi connectivity index (χ0n) is 11.6. The third kappa shape index (κ3) is 2.95. The fraction of sp³-hybridized carbons (Fsp3) is 0.385. The first-order valence-corrected chi connectivity index (χ1v) is 8.57. The predicted molar refractivity (Wildman–Crippen MR) is 79.1 cm³/mol. The number of thiophene rings is 1. The summed E-state index contributed by atoms with van der Waals surface area (Å²) in [6, 6.07) is 3.07. The van der Waals surface area contributed by atoms with Crippen LogP contribution in [0.5, 0.6) is 0 Å². The molecular formula is C13H18N2O3S2. The molecule has 1 unspecified atom stereocenters. The lowest BCUT2D eigenvalue weighted by Gasteiger charge is -2.13. The largest absolute Gasteiger partial charge is 0.466 e. The summed E-state index contributed by atoms with van der Waals surface area (Å²) in [5.74, 6) is 1.49. The lowest BCUT2D eigenvalue weighted by atomic mass is 10.1.